The molecule has 1 aliphatic rings. The zero-order chi connectivity index (χ0) is 21.4. The van der Waals surface area contributed by atoms with Gasteiger partial charge in [0, 0.05) is 33.4 Å². The Bertz CT molecular complexity index is 1130. The maximum Gasteiger partial charge on any atom is 0.243 e. The number of hydrogen-bond acceptors (Lipinski definition) is 5. The van der Waals surface area contributed by atoms with Crippen LogP contribution in [0.2, 0.25) is 0 Å². The first-order valence-corrected chi connectivity index (χ1v) is 11.8. The number of anilines is 1. The summed E-state index contributed by atoms with van der Waals surface area (Å²) in [4.78, 5) is 14.6. The van der Waals surface area contributed by atoms with Gasteiger partial charge in [-0.1, -0.05) is 18.2 Å². The molecule has 0 aromatic heterocycles. The van der Waals surface area contributed by atoms with Gasteiger partial charge in [0.05, 0.1) is 16.3 Å². The number of fused-ring (bicyclic) bond motifs is 1. The summed E-state index contributed by atoms with van der Waals surface area (Å²) in [5, 5.41) is 0. The molecule has 8 nitrogen and oxygen atoms in total. The van der Waals surface area contributed by atoms with Gasteiger partial charge in [0.25, 0.3) is 0 Å². The fourth-order valence-electron chi connectivity index (χ4n) is 3.14. The standard InChI is InChI=1S/C19H23N3O5S2/c1-20(2)28(24,25)17-9-10-18-15(13-17)11-12-22(18)19(23)14-21(3)29(26,27)16-7-5-4-6-8-16/h4-10,13H,11-12,14H2,1-3H3. The molecule has 0 aliphatic carbocycles. The lowest BCUT2D eigenvalue weighted by molar-refractivity contribution is -0.118. The lowest BCUT2D eigenvalue weighted by Crippen LogP contribution is -2.40. The summed E-state index contributed by atoms with van der Waals surface area (Å²) in [5.74, 6) is -0.367. The van der Waals surface area contributed by atoms with Crippen molar-refractivity contribution in [2.75, 3.05) is 39.1 Å². The Labute approximate surface area is 171 Å². The summed E-state index contributed by atoms with van der Waals surface area (Å²) < 4.78 is 52.0. The highest BCUT2D eigenvalue weighted by Gasteiger charge is 2.30. The van der Waals surface area contributed by atoms with Gasteiger partial charge >= 0.3 is 0 Å². The van der Waals surface area contributed by atoms with Crippen LogP contribution in [0.15, 0.2) is 58.3 Å². The van der Waals surface area contributed by atoms with E-state index in [1.165, 1.54) is 44.2 Å². The molecule has 0 saturated carbocycles. The molecular weight excluding hydrogens is 414 g/mol. The third kappa shape index (κ3) is 4.06. The molecule has 2 aromatic rings. The number of rotatable bonds is 6. The topological polar surface area (TPSA) is 95.1 Å². The summed E-state index contributed by atoms with van der Waals surface area (Å²) in [5.41, 5.74) is 1.35. The number of amides is 1. The molecule has 156 valence electrons. The van der Waals surface area contributed by atoms with E-state index in [1.54, 1.807) is 30.3 Å². The van der Waals surface area contributed by atoms with Crippen LogP contribution in [-0.4, -0.2) is 65.6 Å². The SMILES string of the molecule is CN(C)S(=O)(=O)c1ccc2c(c1)CCN2C(=O)CN(C)S(=O)(=O)c1ccccc1. The molecule has 0 N–H and O–H groups in total. The maximum atomic E-state index is 12.8. The van der Waals surface area contributed by atoms with Gasteiger partial charge in [0.1, 0.15) is 0 Å². The van der Waals surface area contributed by atoms with Gasteiger partial charge in [0.2, 0.25) is 26.0 Å². The molecule has 0 spiro atoms. The highest BCUT2D eigenvalue weighted by atomic mass is 32.2. The van der Waals surface area contributed by atoms with Crippen molar-refractivity contribution < 1.29 is 21.6 Å². The lowest BCUT2D eigenvalue weighted by atomic mass is 10.2. The summed E-state index contributed by atoms with van der Waals surface area (Å²) in [6.45, 7) is 0.0628. The number of likely N-dealkylation sites (N-methyl/N-ethyl adjacent to an activating group) is 1. The average Bonchev–Trinajstić information content (AvgIpc) is 3.11. The second-order valence-electron chi connectivity index (χ2n) is 6.95. The average molecular weight is 438 g/mol. The smallest absolute Gasteiger partial charge is 0.243 e. The molecule has 29 heavy (non-hydrogen) atoms. The van der Waals surface area contributed by atoms with E-state index >= 15 is 0 Å². The third-order valence-electron chi connectivity index (χ3n) is 4.84. The highest BCUT2D eigenvalue weighted by Crippen LogP contribution is 2.31. The van der Waals surface area contributed by atoms with Crippen molar-refractivity contribution in [1.29, 1.82) is 0 Å². The van der Waals surface area contributed by atoms with Crippen molar-refractivity contribution in [2.24, 2.45) is 0 Å². The van der Waals surface area contributed by atoms with E-state index in [2.05, 4.69) is 0 Å². The van der Waals surface area contributed by atoms with Crippen LogP contribution in [0.4, 0.5) is 5.69 Å². The van der Waals surface area contributed by atoms with Crippen LogP contribution in [0, 0.1) is 0 Å². The van der Waals surface area contributed by atoms with Crippen LogP contribution in [-0.2, 0) is 31.3 Å². The van der Waals surface area contributed by atoms with Gasteiger partial charge in [-0.15, -0.1) is 0 Å². The molecule has 1 heterocycles. The zero-order valence-corrected chi connectivity index (χ0v) is 18.1. The molecule has 10 heteroatoms. The Morgan fingerprint density at radius 1 is 0.931 bits per heavy atom. The number of benzene rings is 2. The van der Waals surface area contributed by atoms with Gasteiger partial charge in [-0.2, -0.15) is 4.31 Å². The van der Waals surface area contributed by atoms with Crippen LogP contribution in [0.25, 0.3) is 0 Å². The van der Waals surface area contributed by atoms with Gasteiger partial charge in [-0.05, 0) is 42.3 Å². The molecule has 2 aromatic carbocycles. The molecule has 1 amide bonds. The highest BCUT2D eigenvalue weighted by molar-refractivity contribution is 7.89. The van der Waals surface area contributed by atoms with Crippen LogP contribution >= 0.6 is 0 Å². The molecular formula is C19H23N3O5S2. The Hall–Kier alpha value is -2.27. The van der Waals surface area contributed by atoms with Crippen molar-refractivity contribution in [3.8, 4) is 0 Å². The van der Waals surface area contributed by atoms with Crippen LogP contribution in [0.5, 0.6) is 0 Å². The minimum absolute atomic E-state index is 0.121. The monoisotopic (exact) mass is 437 g/mol. The number of sulfonamides is 2. The van der Waals surface area contributed by atoms with Crippen LogP contribution in [0.3, 0.4) is 0 Å². The van der Waals surface area contributed by atoms with Crippen molar-refractivity contribution in [3.05, 3.63) is 54.1 Å². The fourth-order valence-corrected chi connectivity index (χ4v) is 5.24. The molecule has 1 aliphatic heterocycles. The largest absolute Gasteiger partial charge is 0.311 e. The van der Waals surface area contributed by atoms with E-state index in [1.807, 2.05) is 0 Å². The molecule has 0 saturated heterocycles. The summed E-state index contributed by atoms with van der Waals surface area (Å²) >= 11 is 0. The Morgan fingerprint density at radius 2 is 1.59 bits per heavy atom. The number of hydrogen-bond donors (Lipinski definition) is 0. The Kier molecular flexibility index (Phi) is 5.81. The first-order chi connectivity index (χ1) is 13.5. The van der Waals surface area contributed by atoms with E-state index < -0.39 is 20.0 Å². The van der Waals surface area contributed by atoms with Gasteiger partial charge in [-0.25, -0.2) is 21.1 Å². The Morgan fingerprint density at radius 3 is 2.21 bits per heavy atom. The van der Waals surface area contributed by atoms with E-state index in [0.29, 0.717) is 18.7 Å². The zero-order valence-electron chi connectivity index (χ0n) is 16.4. The van der Waals surface area contributed by atoms with Crippen molar-refractivity contribution in [2.45, 2.75) is 16.2 Å². The van der Waals surface area contributed by atoms with Crippen molar-refractivity contribution in [3.63, 3.8) is 0 Å². The third-order valence-corrected chi connectivity index (χ3v) is 8.46. The van der Waals surface area contributed by atoms with Crippen molar-refractivity contribution in [1.82, 2.24) is 8.61 Å². The molecule has 0 radical (unpaired) electrons. The molecule has 0 atom stereocenters. The van der Waals surface area contributed by atoms with E-state index in [0.717, 1.165) is 14.2 Å². The Balaban J connectivity index is 1.80. The first-order valence-electron chi connectivity index (χ1n) is 8.92. The minimum atomic E-state index is -3.78. The van der Waals surface area contributed by atoms with E-state index in [9.17, 15) is 21.6 Å². The molecule has 0 fully saturated rings. The van der Waals surface area contributed by atoms with Gasteiger partial charge in [0.15, 0.2) is 0 Å². The predicted octanol–water partition coefficient (Wildman–Crippen LogP) is 1.15. The summed E-state index contributed by atoms with van der Waals surface area (Å²) in [7, 11) is -3.05. The minimum Gasteiger partial charge on any atom is -0.311 e. The van der Waals surface area contributed by atoms with E-state index in [-0.39, 0.29) is 22.2 Å². The lowest BCUT2D eigenvalue weighted by Gasteiger charge is -2.22. The molecule has 0 bridgehead atoms. The quantitative estimate of drug-likeness (QED) is 0.676. The second-order valence-corrected chi connectivity index (χ2v) is 11.1. The second kappa shape index (κ2) is 7.86. The van der Waals surface area contributed by atoms with Crippen LogP contribution in [0.1, 0.15) is 5.56 Å². The first kappa shape index (κ1) is 21.4. The normalized spacial score (nSPS) is 14.4. The fraction of sp³-hybridized carbons (Fsp3) is 0.316. The van der Waals surface area contributed by atoms with Crippen molar-refractivity contribution >= 4 is 31.6 Å². The van der Waals surface area contributed by atoms with Gasteiger partial charge in [-0.3, -0.25) is 4.79 Å². The van der Waals surface area contributed by atoms with Gasteiger partial charge < -0.3 is 4.90 Å². The number of carbonyl (C=O) groups excluding carboxylic acids is 1. The predicted molar refractivity (Wildman–Crippen MR) is 110 cm³/mol. The molecule has 0 unspecified atom stereocenters. The molecule has 3 rings (SSSR count). The van der Waals surface area contributed by atoms with E-state index in [4.69, 9.17) is 0 Å². The van der Waals surface area contributed by atoms with Crippen LogP contribution < -0.4 is 4.90 Å². The number of nitrogens with zero attached hydrogens (tertiary/aromatic N) is 3. The maximum absolute atomic E-state index is 12.8. The summed E-state index contributed by atoms with van der Waals surface area (Å²) in [6, 6.07) is 12.6. The number of carbonyl (C=O) groups is 1. The summed E-state index contributed by atoms with van der Waals surface area (Å²) in [6.07, 6.45) is 0.507.